The van der Waals surface area contributed by atoms with Gasteiger partial charge in [0.15, 0.2) is 0 Å². The Kier molecular flexibility index (Phi) is 7.29. The van der Waals surface area contributed by atoms with Gasteiger partial charge in [-0.3, -0.25) is 5.32 Å². The number of aromatic nitrogens is 1. The average Bonchev–Trinajstić information content (AvgIpc) is 3.52. The zero-order valence-electron chi connectivity index (χ0n) is 29.3. The van der Waals surface area contributed by atoms with Gasteiger partial charge in [-0.15, -0.1) is 0 Å². The van der Waals surface area contributed by atoms with Gasteiger partial charge in [-0.25, -0.2) is 4.99 Å². The maximum absolute atomic E-state index is 5.12. The van der Waals surface area contributed by atoms with E-state index in [2.05, 4.69) is 191 Å². The van der Waals surface area contributed by atoms with Crippen molar-refractivity contribution in [1.82, 2.24) is 15.2 Å². The molecule has 0 saturated carbocycles. The van der Waals surface area contributed by atoms with Gasteiger partial charge in [0.25, 0.3) is 0 Å². The second-order valence-electron chi connectivity index (χ2n) is 14.0. The monoisotopic (exact) mass is 710 g/mol. The van der Waals surface area contributed by atoms with Crippen molar-refractivity contribution in [3.8, 4) is 27.9 Å². The highest BCUT2D eigenvalue weighted by molar-refractivity contribution is 8.00. The number of para-hydroxylation sites is 1. The summed E-state index contributed by atoms with van der Waals surface area (Å²) in [7, 11) is 0. The van der Waals surface area contributed by atoms with Crippen molar-refractivity contribution in [3.05, 3.63) is 199 Å². The van der Waals surface area contributed by atoms with E-state index in [9.17, 15) is 0 Å². The molecule has 0 amide bonds. The lowest BCUT2D eigenvalue weighted by molar-refractivity contribution is 0.409. The first kappa shape index (κ1) is 31.2. The molecule has 1 aromatic heterocycles. The van der Waals surface area contributed by atoms with Gasteiger partial charge in [0.05, 0.1) is 11.0 Å². The van der Waals surface area contributed by atoms with E-state index < -0.39 is 0 Å². The quantitative estimate of drug-likeness (QED) is 0.191. The normalized spacial score (nSPS) is 16.3. The summed E-state index contributed by atoms with van der Waals surface area (Å²) in [5, 5.41) is 12.6. The minimum atomic E-state index is -0.184. The fourth-order valence-corrected chi connectivity index (χ4v) is 9.71. The van der Waals surface area contributed by atoms with Crippen LogP contribution in [-0.4, -0.2) is 10.4 Å². The first-order valence-electron chi connectivity index (χ1n) is 18.5. The maximum atomic E-state index is 5.12. The number of benzene rings is 8. The molecule has 8 aromatic carbocycles. The van der Waals surface area contributed by atoms with Crippen LogP contribution >= 0.6 is 11.8 Å². The largest absolute Gasteiger partial charge is 0.350 e. The van der Waals surface area contributed by atoms with E-state index in [0.29, 0.717) is 0 Å². The van der Waals surface area contributed by atoms with Crippen LogP contribution in [0.4, 0.5) is 0 Å². The van der Waals surface area contributed by atoms with E-state index in [0.717, 1.165) is 28.2 Å². The van der Waals surface area contributed by atoms with Gasteiger partial charge in [0, 0.05) is 37.4 Å². The van der Waals surface area contributed by atoms with Crippen molar-refractivity contribution >= 4 is 50.2 Å². The van der Waals surface area contributed by atoms with Gasteiger partial charge < -0.3 is 9.88 Å². The average molecular weight is 711 g/mol. The van der Waals surface area contributed by atoms with Crippen LogP contribution in [0.15, 0.2) is 197 Å². The van der Waals surface area contributed by atoms with Crippen LogP contribution in [0.3, 0.4) is 0 Å². The second-order valence-corrected chi connectivity index (χ2v) is 15.0. The first-order valence-corrected chi connectivity index (χ1v) is 19.3. The molecule has 4 nitrogen and oxygen atoms in total. The third-order valence-corrected chi connectivity index (χ3v) is 12.1. The van der Waals surface area contributed by atoms with Crippen LogP contribution in [0.1, 0.15) is 29.0 Å². The van der Waals surface area contributed by atoms with Crippen molar-refractivity contribution in [1.29, 1.82) is 0 Å². The highest BCUT2D eigenvalue weighted by Crippen LogP contribution is 2.55. The summed E-state index contributed by atoms with van der Waals surface area (Å²) in [6, 6.07) is 65.6. The van der Waals surface area contributed by atoms with Gasteiger partial charge in [-0.2, -0.15) is 0 Å². The summed E-state index contributed by atoms with van der Waals surface area (Å²) in [4.78, 5) is 7.67. The lowest BCUT2D eigenvalue weighted by Crippen LogP contribution is -2.44. The Balaban J connectivity index is 1.11. The van der Waals surface area contributed by atoms with Gasteiger partial charge in [-0.05, 0) is 62.9 Å². The van der Waals surface area contributed by atoms with Crippen molar-refractivity contribution in [2.45, 2.75) is 22.1 Å². The SMILES string of the molecule is c1ccc(C2=NC(c3ccccc3)NC(c3ccc(-n4c5ccccc5c5c6ccccc6c6c(c54)Sc4ccccc4-c4ccccc4-6)cc3)N2)cc1. The molecule has 2 atom stereocenters. The summed E-state index contributed by atoms with van der Waals surface area (Å²) in [6.45, 7) is 0. The number of nitrogens with one attached hydrogen (secondary N) is 2. The molecule has 11 rings (SSSR count). The minimum absolute atomic E-state index is 0.140. The minimum Gasteiger partial charge on any atom is -0.350 e. The highest BCUT2D eigenvalue weighted by atomic mass is 32.2. The standard InChI is InChI=1S/C49H34N4S/c1-3-15-31(16-4-1)47-50-48(32-17-5-2-6-18-32)52-49(51-47)33-27-29-34(30-28-33)53-41-25-13-11-24-40(41)43-38-22-9-10-23-39(38)44-37-21-8-7-19-35(37)36-20-12-14-26-42(36)54-46(44)45(43)53/h1-30,47,49,51H,(H,50,52). The predicted molar refractivity (Wildman–Crippen MR) is 224 cm³/mol. The molecule has 54 heavy (non-hydrogen) atoms. The van der Waals surface area contributed by atoms with Gasteiger partial charge in [0.2, 0.25) is 0 Å². The third-order valence-electron chi connectivity index (χ3n) is 10.9. The Hall–Kier alpha value is -6.40. The van der Waals surface area contributed by atoms with E-state index in [4.69, 9.17) is 4.99 Å². The molecule has 0 radical (unpaired) electrons. The fraction of sp³-hybridized carbons (Fsp3) is 0.0408. The molecular formula is C49H34N4S. The Morgan fingerprint density at radius 1 is 0.519 bits per heavy atom. The number of hydrogen-bond acceptors (Lipinski definition) is 4. The van der Waals surface area contributed by atoms with Crippen LogP contribution in [0.2, 0.25) is 0 Å². The zero-order chi connectivity index (χ0) is 35.6. The first-order chi connectivity index (χ1) is 26.8. The number of rotatable bonds is 4. The molecule has 3 heterocycles. The number of hydrogen-bond donors (Lipinski definition) is 2. The summed E-state index contributed by atoms with van der Waals surface area (Å²) < 4.78 is 2.49. The molecule has 0 spiro atoms. The van der Waals surface area contributed by atoms with Crippen molar-refractivity contribution in [3.63, 3.8) is 0 Å². The highest BCUT2D eigenvalue weighted by Gasteiger charge is 2.29. The Bertz CT molecular complexity index is 2910. The molecule has 2 N–H and O–H groups in total. The molecule has 0 fully saturated rings. The van der Waals surface area contributed by atoms with Gasteiger partial charge >= 0.3 is 0 Å². The van der Waals surface area contributed by atoms with E-state index in [1.54, 1.807) is 0 Å². The van der Waals surface area contributed by atoms with Crippen LogP contribution in [0.5, 0.6) is 0 Å². The van der Waals surface area contributed by atoms with Crippen LogP contribution in [0.25, 0.3) is 60.5 Å². The number of fused-ring (bicyclic) bond motifs is 12. The molecule has 0 saturated heterocycles. The maximum Gasteiger partial charge on any atom is 0.131 e. The van der Waals surface area contributed by atoms with E-state index in [1.807, 2.05) is 17.8 Å². The summed E-state index contributed by atoms with van der Waals surface area (Å²) in [5.74, 6) is 0.881. The third kappa shape index (κ3) is 4.93. The topological polar surface area (TPSA) is 41.4 Å². The second kappa shape index (κ2) is 12.6. The van der Waals surface area contributed by atoms with E-state index in [-0.39, 0.29) is 12.3 Å². The summed E-state index contributed by atoms with van der Waals surface area (Å²) in [6.07, 6.45) is -0.324. The van der Waals surface area contributed by atoms with Crippen LogP contribution in [0, 0.1) is 0 Å². The number of amidine groups is 1. The molecular weight excluding hydrogens is 677 g/mol. The van der Waals surface area contributed by atoms with Crippen LogP contribution < -0.4 is 10.6 Å². The van der Waals surface area contributed by atoms with E-state index >= 15 is 0 Å². The Labute approximate surface area is 317 Å². The van der Waals surface area contributed by atoms with Crippen molar-refractivity contribution in [2.75, 3.05) is 0 Å². The van der Waals surface area contributed by atoms with E-state index in [1.165, 1.54) is 64.6 Å². The molecule has 0 aliphatic carbocycles. The lowest BCUT2D eigenvalue weighted by atomic mass is 9.90. The zero-order valence-corrected chi connectivity index (χ0v) is 30.1. The van der Waals surface area contributed by atoms with Gasteiger partial charge in [0.1, 0.15) is 18.2 Å². The molecule has 5 heteroatoms. The molecule has 2 aliphatic rings. The molecule has 2 aliphatic heterocycles. The van der Waals surface area contributed by atoms with Crippen LogP contribution in [-0.2, 0) is 0 Å². The lowest BCUT2D eigenvalue weighted by Gasteiger charge is -2.32. The Morgan fingerprint density at radius 2 is 1.15 bits per heavy atom. The van der Waals surface area contributed by atoms with Crippen molar-refractivity contribution < 1.29 is 0 Å². The Morgan fingerprint density at radius 3 is 1.94 bits per heavy atom. The fourth-order valence-electron chi connectivity index (χ4n) is 8.44. The number of nitrogens with zero attached hydrogens (tertiary/aromatic N) is 2. The smallest absolute Gasteiger partial charge is 0.131 e. The van der Waals surface area contributed by atoms with Crippen molar-refractivity contribution in [2.24, 2.45) is 4.99 Å². The van der Waals surface area contributed by atoms with Gasteiger partial charge in [-0.1, -0.05) is 169 Å². The summed E-state index contributed by atoms with van der Waals surface area (Å²) in [5.41, 5.74) is 12.0. The molecule has 9 aromatic rings. The number of aliphatic imine (C=N–C) groups is 1. The molecule has 2 unspecified atom stereocenters. The predicted octanol–water partition coefficient (Wildman–Crippen LogP) is 12.1. The molecule has 256 valence electrons. The summed E-state index contributed by atoms with van der Waals surface area (Å²) >= 11 is 1.90. The molecule has 0 bridgehead atoms.